The minimum atomic E-state index is 0.148. The SMILES string of the molecule is Cn1ncc(CNC(=O)C2CC3C=CC2C3)c1N. The van der Waals surface area contributed by atoms with Crippen LogP contribution in [0.1, 0.15) is 18.4 Å². The molecule has 3 unspecified atom stereocenters. The van der Waals surface area contributed by atoms with Crippen LogP contribution in [0.2, 0.25) is 0 Å². The summed E-state index contributed by atoms with van der Waals surface area (Å²) >= 11 is 0. The fourth-order valence-corrected chi connectivity index (χ4v) is 3.02. The lowest BCUT2D eigenvalue weighted by atomic mass is 9.93. The number of nitrogen functional groups attached to an aromatic ring is 1. The van der Waals surface area contributed by atoms with Crippen molar-refractivity contribution in [2.45, 2.75) is 19.4 Å². The van der Waals surface area contributed by atoms with E-state index in [1.165, 1.54) is 0 Å². The van der Waals surface area contributed by atoms with Gasteiger partial charge in [0.1, 0.15) is 5.82 Å². The fraction of sp³-hybridized carbons (Fsp3) is 0.538. The predicted octanol–water partition coefficient (Wildman–Crippen LogP) is 0.831. The number of allylic oxidation sites excluding steroid dienone is 2. The molecule has 2 aliphatic carbocycles. The number of carbonyl (C=O) groups is 1. The second-order valence-corrected chi connectivity index (χ2v) is 5.28. The highest BCUT2D eigenvalue weighted by Gasteiger charge is 2.39. The first-order valence-corrected chi connectivity index (χ1v) is 6.37. The fourth-order valence-electron chi connectivity index (χ4n) is 3.02. The number of aromatic nitrogens is 2. The molecule has 96 valence electrons. The number of nitrogens with zero attached hydrogens (tertiary/aromatic N) is 2. The van der Waals surface area contributed by atoms with E-state index >= 15 is 0 Å². The summed E-state index contributed by atoms with van der Waals surface area (Å²) in [6.07, 6.45) is 8.28. The zero-order valence-electron chi connectivity index (χ0n) is 10.5. The Labute approximate surface area is 106 Å². The number of rotatable bonds is 3. The molecule has 3 atom stereocenters. The number of amides is 1. The zero-order chi connectivity index (χ0) is 12.7. The Morgan fingerprint density at radius 1 is 1.56 bits per heavy atom. The number of nitrogens with two attached hydrogens (primary N) is 1. The van der Waals surface area contributed by atoms with Crippen LogP contribution in [0.15, 0.2) is 18.3 Å². The van der Waals surface area contributed by atoms with Crippen LogP contribution in [0, 0.1) is 17.8 Å². The summed E-state index contributed by atoms with van der Waals surface area (Å²) in [5.74, 6) is 1.98. The highest BCUT2D eigenvalue weighted by atomic mass is 16.1. The number of anilines is 1. The first kappa shape index (κ1) is 11.3. The second-order valence-electron chi connectivity index (χ2n) is 5.28. The Morgan fingerprint density at radius 3 is 2.94 bits per heavy atom. The van der Waals surface area contributed by atoms with Crippen LogP contribution in [0.25, 0.3) is 0 Å². The van der Waals surface area contributed by atoms with Crippen LogP contribution < -0.4 is 11.1 Å². The summed E-state index contributed by atoms with van der Waals surface area (Å²) in [7, 11) is 1.79. The molecule has 18 heavy (non-hydrogen) atoms. The second kappa shape index (κ2) is 4.15. The third kappa shape index (κ3) is 1.79. The van der Waals surface area contributed by atoms with Crippen LogP contribution in [0.5, 0.6) is 0 Å². The highest BCUT2D eigenvalue weighted by Crippen LogP contribution is 2.43. The maximum atomic E-state index is 12.1. The highest BCUT2D eigenvalue weighted by molar-refractivity contribution is 5.80. The smallest absolute Gasteiger partial charge is 0.223 e. The number of aryl methyl sites for hydroxylation is 1. The Morgan fingerprint density at radius 2 is 2.39 bits per heavy atom. The van der Waals surface area contributed by atoms with Gasteiger partial charge in [-0.3, -0.25) is 9.48 Å². The number of hydrogen-bond donors (Lipinski definition) is 2. The van der Waals surface area contributed by atoms with E-state index in [1.54, 1.807) is 17.9 Å². The van der Waals surface area contributed by atoms with Crippen molar-refractivity contribution in [1.82, 2.24) is 15.1 Å². The van der Waals surface area contributed by atoms with Crippen LogP contribution in [0.4, 0.5) is 5.82 Å². The van der Waals surface area contributed by atoms with E-state index in [0.717, 1.165) is 18.4 Å². The number of carbonyl (C=O) groups excluding carboxylic acids is 1. The van der Waals surface area contributed by atoms with Crippen LogP contribution in [0.3, 0.4) is 0 Å². The monoisotopic (exact) mass is 246 g/mol. The summed E-state index contributed by atoms with van der Waals surface area (Å²) in [6.45, 7) is 0.468. The molecule has 0 aliphatic heterocycles. The molecule has 0 saturated heterocycles. The summed E-state index contributed by atoms with van der Waals surface area (Å²) < 4.78 is 1.61. The molecule has 1 amide bonds. The van der Waals surface area contributed by atoms with Gasteiger partial charge in [0, 0.05) is 25.1 Å². The van der Waals surface area contributed by atoms with Crippen molar-refractivity contribution >= 4 is 11.7 Å². The Bertz CT molecular complexity index is 505. The van der Waals surface area contributed by atoms with Gasteiger partial charge in [0.25, 0.3) is 0 Å². The first-order chi connectivity index (χ1) is 8.65. The van der Waals surface area contributed by atoms with Gasteiger partial charge < -0.3 is 11.1 Å². The van der Waals surface area contributed by atoms with Crippen molar-refractivity contribution in [3.63, 3.8) is 0 Å². The van der Waals surface area contributed by atoms with Gasteiger partial charge in [-0.15, -0.1) is 0 Å². The molecular weight excluding hydrogens is 228 g/mol. The molecule has 1 fully saturated rings. The molecule has 2 aliphatic rings. The van der Waals surface area contributed by atoms with Gasteiger partial charge in [0.15, 0.2) is 0 Å². The lowest BCUT2D eigenvalue weighted by Gasteiger charge is -2.17. The zero-order valence-corrected chi connectivity index (χ0v) is 10.5. The number of hydrogen-bond acceptors (Lipinski definition) is 3. The summed E-state index contributed by atoms with van der Waals surface area (Å²) in [5, 5.41) is 7.03. The van der Waals surface area contributed by atoms with Gasteiger partial charge in [-0.25, -0.2) is 0 Å². The Balaban J connectivity index is 1.59. The summed E-state index contributed by atoms with van der Waals surface area (Å²) in [5.41, 5.74) is 6.72. The van der Waals surface area contributed by atoms with Crippen molar-refractivity contribution in [1.29, 1.82) is 0 Å². The van der Waals surface area contributed by atoms with Gasteiger partial charge in [-0.1, -0.05) is 12.2 Å². The van der Waals surface area contributed by atoms with Gasteiger partial charge in [-0.05, 0) is 24.7 Å². The standard InChI is InChI=1S/C13H18N4O/c1-17-12(14)10(7-16-17)6-15-13(18)11-5-8-2-3-9(11)4-8/h2-3,7-9,11H,4-6,14H2,1H3,(H,15,18). The van der Waals surface area contributed by atoms with E-state index < -0.39 is 0 Å². The van der Waals surface area contributed by atoms with Gasteiger partial charge in [-0.2, -0.15) is 5.10 Å². The number of fused-ring (bicyclic) bond motifs is 2. The largest absolute Gasteiger partial charge is 0.384 e. The molecule has 2 bridgehead atoms. The average Bonchev–Trinajstić information content (AvgIpc) is 3.05. The van der Waals surface area contributed by atoms with E-state index in [9.17, 15) is 4.79 Å². The Hall–Kier alpha value is -1.78. The molecule has 5 heteroatoms. The molecule has 5 nitrogen and oxygen atoms in total. The van der Waals surface area contributed by atoms with Crippen LogP contribution in [-0.2, 0) is 18.4 Å². The van der Waals surface area contributed by atoms with Crippen molar-refractivity contribution in [2.75, 3.05) is 5.73 Å². The van der Waals surface area contributed by atoms with Crippen molar-refractivity contribution in [3.05, 3.63) is 23.9 Å². The molecule has 1 heterocycles. The molecule has 0 aromatic carbocycles. The van der Waals surface area contributed by atoms with Crippen molar-refractivity contribution in [3.8, 4) is 0 Å². The third-order valence-corrected chi connectivity index (χ3v) is 4.13. The topological polar surface area (TPSA) is 72.9 Å². The molecule has 3 N–H and O–H groups in total. The normalized spacial score (nSPS) is 28.8. The maximum absolute atomic E-state index is 12.1. The van der Waals surface area contributed by atoms with Crippen molar-refractivity contribution < 1.29 is 4.79 Å². The third-order valence-electron chi connectivity index (χ3n) is 4.13. The van der Waals surface area contributed by atoms with Gasteiger partial charge >= 0.3 is 0 Å². The molecule has 1 aromatic rings. The van der Waals surface area contributed by atoms with Crippen molar-refractivity contribution in [2.24, 2.45) is 24.8 Å². The molecule has 1 aromatic heterocycles. The minimum absolute atomic E-state index is 0.148. The van der Waals surface area contributed by atoms with E-state index in [1.807, 2.05) is 0 Å². The summed E-state index contributed by atoms with van der Waals surface area (Å²) in [4.78, 5) is 12.1. The Kier molecular flexibility index (Phi) is 2.61. The summed E-state index contributed by atoms with van der Waals surface area (Å²) in [6, 6.07) is 0. The van der Waals surface area contributed by atoms with Gasteiger partial charge in [0.05, 0.1) is 6.20 Å². The average molecular weight is 246 g/mol. The van der Waals surface area contributed by atoms with E-state index in [0.29, 0.717) is 24.2 Å². The molecule has 0 radical (unpaired) electrons. The molecule has 1 saturated carbocycles. The van der Waals surface area contributed by atoms with Crippen LogP contribution >= 0.6 is 0 Å². The minimum Gasteiger partial charge on any atom is -0.384 e. The van der Waals surface area contributed by atoms with Crippen LogP contribution in [-0.4, -0.2) is 15.7 Å². The molecule has 0 spiro atoms. The lowest BCUT2D eigenvalue weighted by molar-refractivity contribution is -0.125. The van der Waals surface area contributed by atoms with E-state index in [2.05, 4.69) is 22.6 Å². The maximum Gasteiger partial charge on any atom is 0.223 e. The first-order valence-electron chi connectivity index (χ1n) is 6.37. The number of nitrogens with one attached hydrogen (secondary N) is 1. The lowest BCUT2D eigenvalue weighted by Crippen LogP contribution is -2.32. The van der Waals surface area contributed by atoms with Gasteiger partial charge in [0.2, 0.25) is 5.91 Å². The predicted molar refractivity (Wildman–Crippen MR) is 68.3 cm³/mol. The van der Waals surface area contributed by atoms with E-state index in [-0.39, 0.29) is 11.8 Å². The quantitative estimate of drug-likeness (QED) is 0.776. The molecule has 3 rings (SSSR count). The van der Waals surface area contributed by atoms with E-state index in [4.69, 9.17) is 5.73 Å². The molecular formula is C13H18N4O.